The van der Waals surface area contributed by atoms with Gasteiger partial charge in [0, 0.05) is 17.8 Å². The highest BCUT2D eigenvalue weighted by atomic mass is 79.9. The number of aryl methyl sites for hydroxylation is 2. The van der Waals surface area contributed by atoms with Crippen LogP contribution >= 0.6 is 15.9 Å². The van der Waals surface area contributed by atoms with Crippen molar-refractivity contribution in [1.82, 2.24) is 5.32 Å². The lowest BCUT2D eigenvalue weighted by Gasteiger charge is -2.31. The summed E-state index contributed by atoms with van der Waals surface area (Å²) < 4.78 is 0. The van der Waals surface area contributed by atoms with E-state index in [4.69, 9.17) is 0 Å². The highest BCUT2D eigenvalue weighted by Gasteiger charge is 2.25. The van der Waals surface area contributed by atoms with E-state index in [0.717, 1.165) is 18.2 Å². The number of carbonyl (C=O) groups is 1. The van der Waals surface area contributed by atoms with Crippen molar-refractivity contribution >= 4 is 21.8 Å². The van der Waals surface area contributed by atoms with Gasteiger partial charge in [-0.15, -0.1) is 0 Å². The third-order valence-electron chi connectivity index (χ3n) is 4.34. The lowest BCUT2D eigenvalue weighted by molar-refractivity contribution is -0.122. The van der Waals surface area contributed by atoms with Gasteiger partial charge in [0.1, 0.15) is 0 Å². The summed E-state index contributed by atoms with van der Waals surface area (Å²) in [7, 11) is 0. The van der Waals surface area contributed by atoms with Gasteiger partial charge in [-0.05, 0) is 43.2 Å². The van der Waals surface area contributed by atoms with E-state index in [0.29, 0.717) is 18.4 Å². The maximum atomic E-state index is 12.1. The number of hydrogen-bond acceptors (Lipinski definition) is 1. The van der Waals surface area contributed by atoms with Crippen LogP contribution in [0.25, 0.3) is 0 Å². The minimum absolute atomic E-state index is 0.200. The molecule has 2 atom stereocenters. The number of alkyl halides is 1. The molecule has 2 rings (SSSR count). The summed E-state index contributed by atoms with van der Waals surface area (Å²) in [5.74, 6) is 0.803. The molecule has 1 aromatic rings. The Kier molecular flexibility index (Phi) is 6.08. The van der Waals surface area contributed by atoms with Crippen molar-refractivity contribution in [2.24, 2.45) is 5.92 Å². The summed E-state index contributed by atoms with van der Waals surface area (Å²) in [5.41, 5.74) is 2.56. The summed E-state index contributed by atoms with van der Waals surface area (Å²) in [6.45, 7) is 2.11. The van der Waals surface area contributed by atoms with E-state index in [2.05, 4.69) is 40.3 Å². The van der Waals surface area contributed by atoms with Crippen LogP contribution in [0, 0.1) is 12.8 Å². The van der Waals surface area contributed by atoms with Crippen LogP contribution in [-0.4, -0.2) is 17.3 Å². The number of hydrogen-bond donors (Lipinski definition) is 1. The summed E-state index contributed by atoms with van der Waals surface area (Å²) in [5, 5.41) is 4.24. The van der Waals surface area contributed by atoms with Crippen LogP contribution in [0.4, 0.5) is 0 Å². The van der Waals surface area contributed by atoms with E-state index in [1.54, 1.807) is 0 Å². The van der Waals surface area contributed by atoms with Crippen molar-refractivity contribution in [2.45, 2.75) is 51.5 Å². The van der Waals surface area contributed by atoms with Crippen molar-refractivity contribution in [3.05, 3.63) is 35.4 Å². The molecular weight excluding hydrogens is 314 g/mol. The van der Waals surface area contributed by atoms with Crippen molar-refractivity contribution in [3.63, 3.8) is 0 Å². The lowest BCUT2D eigenvalue weighted by Crippen LogP contribution is -2.42. The molecule has 0 bridgehead atoms. The molecule has 1 aliphatic rings. The zero-order valence-corrected chi connectivity index (χ0v) is 13.8. The summed E-state index contributed by atoms with van der Waals surface area (Å²) in [4.78, 5) is 12.1. The molecule has 1 aliphatic carbocycles. The largest absolute Gasteiger partial charge is 0.353 e. The quantitative estimate of drug-likeness (QED) is 0.808. The van der Waals surface area contributed by atoms with Gasteiger partial charge in [-0.3, -0.25) is 4.79 Å². The molecule has 2 nitrogen and oxygen atoms in total. The summed E-state index contributed by atoms with van der Waals surface area (Å²) in [6.07, 6.45) is 6.33. The van der Waals surface area contributed by atoms with Gasteiger partial charge in [-0.1, -0.05) is 53.0 Å². The predicted octanol–water partition coefficient (Wildman–Crippen LogP) is 4.00. The Morgan fingerprint density at radius 2 is 2.05 bits per heavy atom. The molecule has 0 aliphatic heterocycles. The topological polar surface area (TPSA) is 29.1 Å². The lowest BCUT2D eigenvalue weighted by atomic mass is 9.86. The highest BCUT2D eigenvalue weighted by Crippen LogP contribution is 2.26. The van der Waals surface area contributed by atoms with E-state index < -0.39 is 0 Å². The Balaban J connectivity index is 1.82. The first-order valence-corrected chi connectivity index (χ1v) is 8.72. The van der Waals surface area contributed by atoms with Gasteiger partial charge in [0.2, 0.25) is 5.91 Å². The Morgan fingerprint density at radius 1 is 1.30 bits per heavy atom. The zero-order valence-electron chi connectivity index (χ0n) is 12.2. The molecule has 1 saturated carbocycles. The van der Waals surface area contributed by atoms with Gasteiger partial charge in [-0.2, -0.15) is 0 Å². The van der Waals surface area contributed by atoms with E-state index in [-0.39, 0.29) is 5.91 Å². The average Bonchev–Trinajstić information content (AvgIpc) is 2.47. The van der Waals surface area contributed by atoms with Crippen LogP contribution in [0.2, 0.25) is 0 Å². The molecule has 0 radical (unpaired) electrons. The number of halogens is 1. The van der Waals surface area contributed by atoms with Crippen LogP contribution in [0.3, 0.4) is 0 Å². The monoisotopic (exact) mass is 337 g/mol. The third-order valence-corrected chi connectivity index (χ3v) is 5.17. The van der Waals surface area contributed by atoms with Crippen molar-refractivity contribution in [2.75, 3.05) is 5.33 Å². The smallest absolute Gasteiger partial charge is 0.220 e. The Labute approximate surface area is 130 Å². The van der Waals surface area contributed by atoms with Crippen LogP contribution in [0.5, 0.6) is 0 Å². The van der Waals surface area contributed by atoms with E-state index >= 15 is 0 Å². The van der Waals surface area contributed by atoms with Gasteiger partial charge >= 0.3 is 0 Å². The van der Waals surface area contributed by atoms with Gasteiger partial charge in [0.05, 0.1) is 0 Å². The maximum Gasteiger partial charge on any atom is 0.220 e. The zero-order chi connectivity index (χ0) is 14.4. The number of nitrogens with one attached hydrogen (secondary N) is 1. The van der Waals surface area contributed by atoms with E-state index in [9.17, 15) is 4.79 Å². The van der Waals surface area contributed by atoms with Crippen LogP contribution < -0.4 is 5.32 Å². The summed E-state index contributed by atoms with van der Waals surface area (Å²) >= 11 is 3.58. The van der Waals surface area contributed by atoms with Gasteiger partial charge in [0.25, 0.3) is 0 Å². The number of carbonyl (C=O) groups excluding carboxylic acids is 1. The Hall–Kier alpha value is -0.830. The number of rotatable bonds is 5. The average molecular weight is 338 g/mol. The Morgan fingerprint density at radius 3 is 2.80 bits per heavy atom. The first-order valence-electron chi connectivity index (χ1n) is 7.60. The molecular formula is C17H24BrNO. The standard InChI is InChI=1S/C17H24BrNO/c1-13-6-2-3-7-14(13)10-11-17(20)19-16-9-5-4-8-15(16)12-18/h2-3,6-7,15-16H,4-5,8-12H2,1H3,(H,19,20). The van der Waals surface area contributed by atoms with Gasteiger partial charge in [-0.25, -0.2) is 0 Å². The third kappa shape index (κ3) is 4.34. The van der Waals surface area contributed by atoms with E-state index in [1.165, 1.54) is 30.4 Å². The minimum atomic E-state index is 0.200. The molecule has 0 heterocycles. The fourth-order valence-electron chi connectivity index (χ4n) is 3.00. The molecule has 1 N–H and O–H groups in total. The van der Waals surface area contributed by atoms with Crippen LogP contribution in [0.1, 0.15) is 43.2 Å². The Bertz CT molecular complexity index is 446. The second-order valence-corrected chi connectivity index (χ2v) is 6.45. The molecule has 2 unspecified atom stereocenters. The molecule has 1 amide bonds. The minimum Gasteiger partial charge on any atom is -0.353 e. The van der Waals surface area contributed by atoms with Gasteiger partial charge in [0.15, 0.2) is 0 Å². The van der Waals surface area contributed by atoms with Crippen LogP contribution in [-0.2, 0) is 11.2 Å². The molecule has 20 heavy (non-hydrogen) atoms. The highest BCUT2D eigenvalue weighted by molar-refractivity contribution is 9.09. The SMILES string of the molecule is Cc1ccccc1CCC(=O)NC1CCCCC1CBr. The molecule has 0 spiro atoms. The second-order valence-electron chi connectivity index (χ2n) is 5.80. The fraction of sp³-hybridized carbons (Fsp3) is 0.588. The first kappa shape index (κ1) is 15.6. The molecule has 110 valence electrons. The van der Waals surface area contributed by atoms with Gasteiger partial charge < -0.3 is 5.32 Å². The van der Waals surface area contributed by atoms with Crippen molar-refractivity contribution in [3.8, 4) is 0 Å². The van der Waals surface area contributed by atoms with Crippen LogP contribution in [0.15, 0.2) is 24.3 Å². The fourth-order valence-corrected chi connectivity index (χ4v) is 3.78. The second kappa shape index (κ2) is 7.82. The molecule has 0 saturated heterocycles. The van der Waals surface area contributed by atoms with Crippen molar-refractivity contribution in [1.29, 1.82) is 0 Å². The number of benzene rings is 1. The molecule has 0 aromatic heterocycles. The van der Waals surface area contributed by atoms with Crippen molar-refractivity contribution < 1.29 is 4.79 Å². The molecule has 3 heteroatoms. The molecule has 1 aromatic carbocycles. The molecule has 1 fully saturated rings. The maximum absolute atomic E-state index is 12.1. The predicted molar refractivity (Wildman–Crippen MR) is 87.2 cm³/mol. The first-order chi connectivity index (χ1) is 9.70. The summed E-state index contributed by atoms with van der Waals surface area (Å²) in [6, 6.07) is 8.68. The number of amides is 1. The van der Waals surface area contributed by atoms with E-state index in [1.807, 2.05) is 12.1 Å². The normalized spacial score (nSPS) is 22.5.